The maximum absolute atomic E-state index is 12.9. The van der Waals surface area contributed by atoms with Gasteiger partial charge >= 0.3 is 0 Å². The van der Waals surface area contributed by atoms with E-state index in [1.165, 1.54) is 29.8 Å². The molecule has 3 aromatic carbocycles. The molecule has 3 nitrogen and oxygen atoms in total. The highest BCUT2D eigenvalue weighted by molar-refractivity contribution is 6.04. The standard InChI is InChI=1S/C21H19FN2O/c1-15(16-5-3-2-4-6-16)23-19-11-13-20(14-12-19)24-21(25)17-7-9-18(22)10-8-17/h2-15,23H,1H3,(H,24,25). The second kappa shape index (κ2) is 7.62. The zero-order valence-electron chi connectivity index (χ0n) is 13.9. The average molecular weight is 334 g/mol. The first-order chi connectivity index (χ1) is 12.1. The molecule has 4 heteroatoms. The summed E-state index contributed by atoms with van der Waals surface area (Å²) >= 11 is 0. The molecular weight excluding hydrogens is 315 g/mol. The number of anilines is 2. The lowest BCUT2D eigenvalue weighted by atomic mass is 10.1. The quantitative estimate of drug-likeness (QED) is 0.669. The third-order valence-corrected chi connectivity index (χ3v) is 3.93. The van der Waals surface area contributed by atoms with Crippen molar-refractivity contribution in [3.05, 3.63) is 95.8 Å². The number of halogens is 1. The second-order valence-corrected chi connectivity index (χ2v) is 5.82. The third kappa shape index (κ3) is 4.44. The van der Waals surface area contributed by atoms with Gasteiger partial charge < -0.3 is 10.6 Å². The van der Waals surface area contributed by atoms with Gasteiger partial charge in [0.25, 0.3) is 5.91 Å². The van der Waals surface area contributed by atoms with Gasteiger partial charge in [0.15, 0.2) is 0 Å². The van der Waals surface area contributed by atoms with Gasteiger partial charge in [-0.3, -0.25) is 4.79 Å². The van der Waals surface area contributed by atoms with Gasteiger partial charge in [-0.05, 0) is 61.0 Å². The van der Waals surface area contributed by atoms with Crippen LogP contribution in [0.25, 0.3) is 0 Å². The Hall–Kier alpha value is -3.14. The van der Waals surface area contributed by atoms with E-state index in [4.69, 9.17) is 0 Å². The lowest BCUT2D eigenvalue weighted by Crippen LogP contribution is -2.12. The van der Waals surface area contributed by atoms with Gasteiger partial charge in [-0.1, -0.05) is 30.3 Å². The Morgan fingerprint density at radius 2 is 1.44 bits per heavy atom. The van der Waals surface area contributed by atoms with Gasteiger partial charge in [0.2, 0.25) is 0 Å². The number of amides is 1. The fourth-order valence-electron chi connectivity index (χ4n) is 2.53. The molecule has 1 amide bonds. The van der Waals surface area contributed by atoms with Crippen LogP contribution in [0.1, 0.15) is 28.9 Å². The number of rotatable bonds is 5. The molecule has 0 spiro atoms. The molecule has 0 saturated heterocycles. The van der Waals surface area contributed by atoms with Crippen LogP contribution in [0.4, 0.5) is 15.8 Å². The Morgan fingerprint density at radius 3 is 2.08 bits per heavy atom. The fraction of sp³-hybridized carbons (Fsp3) is 0.0952. The lowest BCUT2D eigenvalue weighted by molar-refractivity contribution is 0.102. The molecule has 0 aliphatic rings. The molecule has 0 aromatic heterocycles. The molecule has 0 aliphatic heterocycles. The van der Waals surface area contributed by atoms with Crippen LogP contribution in [0.3, 0.4) is 0 Å². The Labute approximate surface area is 146 Å². The first-order valence-electron chi connectivity index (χ1n) is 8.10. The Kier molecular flexibility index (Phi) is 5.09. The SMILES string of the molecule is CC(Nc1ccc(NC(=O)c2ccc(F)cc2)cc1)c1ccccc1. The largest absolute Gasteiger partial charge is 0.379 e. The van der Waals surface area contributed by atoms with Crippen molar-refractivity contribution < 1.29 is 9.18 Å². The van der Waals surface area contributed by atoms with E-state index >= 15 is 0 Å². The second-order valence-electron chi connectivity index (χ2n) is 5.82. The van der Waals surface area contributed by atoms with E-state index in [1.54, 1.807) is 0 Å². The van der Waals surface area contributed by atoms with Crippen LogP contribution >= 0.6 is 0 Å². The monoisotopic (exact) mass is 334 g/mol. The summed E-state index contributed by atoms with van der Waals surface area (Å²) in [5, 5.41) is 6.22. The number of hydrogen-bond donors (Lipinski definition) is 2. The minimum absolute atomic E-state index is 0.181. The van der Waals surface area contributed by atoms with Crippen LogP contribution in [-0.2, 0) is 0 Å². The number of carbonyl (C=O) groups excluding carboxylic acids is 1. The van der Waals surface area contributed by atoms with Crippen LogP contribution in [-0.4, -0.2) is 5.91 Å². The maximum Gasteiger partial charge on any atom is 0.255 e. The third-order valence-electron chi connectivity index (χ3n) is 3.93. The van der Waals surface area contributed by atoms with Crippen LogP contribution in [0, 0.1) is 5.82 Å². The summed E-state index contributed by atoms with van der Waals surface area (Å²) < 4.78 is 12.9. The van der Waals surface area contributed by atoms with Crippen molar-refractivity contribution in [2.24, 2.45) is 0 Å². The summed E-state index contributed by atoms with van der Waals surface area (Å²) in [6.45, 7) is 2.10. The van der Waals surface area contributed by atoms with Gasteiger partial charge in [0, 0.05) is 23.0 Å². The Morgan fingerprint density at radius 1 is 0.840 bits per heavy atom. The van der Waals surface area contributed by atoms with Crippen molar-refractivity contribution in [3.8, 4) is 0 Å². The molecule has 0 aliphatic carbocycles. The first kappa shape index (κ1) is 16.7. The van der Waals surface area contributed by atoms with Crippen molar-refractivity contribution in [1.29, 1.82) is 0 Å². The van der Waals surface area contributed by atoms with Gasteiger partial charge in [-0.2, -0.15) is 0 Å². The normalized spacial score (nSPS) is 11.6. The summed E-state index contributed by atoms with van der Waals surface area (Å²) in [4.78, 5) is 12.1. The summed E-state index contributed by atoms with van der Waals surface area (Å²) in [7, 11) is 0. The molecule has 3 aromatic rings. The summed E-state index contributed by atoms with van der Waals surface area (Å²) in [6, 6.07) is 23.3. The van der Waals surface area contributed by atoms with Gasteiger partial charge in [0.1, 0.15) is 5.82 Å². The number of carbonyl (C=O) groups is 1. The Balaban J connectivity index is 1.62. The molecule has 1 atom stereocenters. The molecular formula is C21H19FN2O. The highest BCUT2D eigenvalue weighted by Gasteiger charge is 2.07. The van der Waals surface area contributed by atoms with Crippen LogP contribution in [0.5, 0.6) is 0 Å². The first-order valence-corrected chi connectivity index (χ1v) is 8.10. The van der Waals surface area contributed by atoms with Gasteiger partial charge in [-0.25, -0.2) is 4.39 Å². The van der Waals surface area contributed by atoms with Crippen LogP contribution in [0.2, 0.25) is 0 Å². The zero-order valence-corrected chi connectivity index (χ0v) is 13.9. The van der Waals surface area contributed by atoms with Crippen LogP contribution < -0.4 is 10.6 Å². The predicted molar refractivity (Wildman–Crippen MR) is 99.3 cm³/mol. The summed E-state index contributed by atoms with van der Waals surface area (Å²) in [5.41, 5.74) is 3.28. The van der Waals surface area contributed by atoms with E-state index in [2.05, 4.69) is 29.7 Å². The van der Waals surface area contributed by atoms with E-state index in [1.807, 2.05) is 42.5 Å². The van der Waals surface area contributed by atoms with Crippen molar-refractivity contribution in [3.63, 3.8) is 0 Å². The van der Waals surface area contributed by atoms with E-state index in [9.17, 15) is 9.18 Å². The molecule has 3 rings (SSSR count). The average Bonchev–Trinajstić information content (AvgIpc) is 2.64. The van der Waals surface area contributed by atoms with Crippen molar-refractivity contribution >= 4 is 17.3 Å². The number of nitrogens with one attached hydrogen (secondary N) is 2. The fourth-order valence-corrected chi connectivity index (χ4v) is 2.53. The molecule has 2 N–H and O–H groups in total. The van der Waals surface area contributed by atoms with Gasteiger partial charge in [-0.15, -0.1) is 0 Å². The topological polar surface area (TPSA) is 41.1 Å². The molecule has 0 saturated carbocycles. The minimum Gasteiger partial charge on any atom is -0.379 e. The lowest BCUT2D eigenvalue weighted by Gasteiger charge is -2.16. The molecule has 25 heavy (non-hydrogen) atoms. The number of hydrogen-bond acceptors (Lipinski definition) is 2. The van der Waals surface area contributed by atoms with Crippen LogP contribution in [0.15, 0.2) is 78.9 Å². The molecule has 1 unspecified atom stereocenters. The molecule has 0 fully saturated rings. The molecule has 0 heterocycles. The van der Waals surface area contributed by atoms with E-state index in [0.29, 0.717) is 11.3 Å². The smallest absolute Gasteiger partial charge is 0.255 e. The van der Waals surface area contributed by atoms with Crippen molar-refractivity contribution in [2.75, 3.05) is 10.6 Å². The highest BCUT2D eigenvalue weighted by atomic mass is 19.1. The predicted octanol–water partition coefficient (Wildman–Crippen LogP) is 5.25. The molecule has 0 radical (unpaired) electrons. The van der Waals surface area contributed by atoms with E-state index in [0.717, 1.165) is 5.69 Å². The van der Waals surface area contributed by atoms with E-state index in [-0.39, 0.29) is 17.8 Å². The summed E-state index contributed by atoms with van der Waals surface area (Å²) in [5.74, 6) is -0.627. The van der Waals surface area contributed by atoms with Crippen molar-refractivity contribution in [2.45, 2.75) is 13.0 Å². The minimum atomic E-state index is -0.362. The summed E-state index contributed by atoms with van der Waals surface area (Å²) in [6.07, 6.45) is 0. The van der Waals surface area contributed by atoms with Gasteiger partial charge in [0.05, 0.1) is 0 Å². The Bertz CT molecular complexity index is 830. The van der Waals surface area contributed by atoms with Crippen molar-refractivity contribution in [1.82, 2.24) is 0 Å². The number of benzene rings is 3. The zero-order chi connectivity index (χ0) is 17.6. The molecule has 126 valence electrons. The highest BCUT2D eigenvalue weighted by Crippen LogP contribution is 2.21. The van der Waals surface area contributed by atoms with E-state index < -0.39 is 0 Å². The maximum atomic E-state index is 12.9. The molecule has 0 bridgehead atoms.